The number of anilines is 4. The highest BCUT2D eigenvalue weighted by molar-refractivity contribution is 7.19. The molecule has 0 amide bonds. The molecule has 0 fully saturated rings. The number of para-hydroxylation sites is 1. The van der Waals surface area contributed by atoms with Gasteiger partial charge >= 0.3 is 0 Å². The van der Waals surface area contributed by atoms with Crippen molar-refractivity contribution >= 4 is 54.8 Å². The summed E-state index contributed by atoms with van der Waals surface area (Å²) < 4.78 is 0. The van der Waals surface area contributed by atoms with E-state index in [0.29, 0.717) is 0 Å². The molecule has 2 nitrogen and oxygen atoms in total. The molecule has 7 rings (SSSR count). The van der Waals surface area contributed by atoms with E-state index in [1.807, 2.05) is 34.8 Å². The molecule has 7 aromatic rings. The van der Waals surface area contributed by atoms with E-state index in [0.717, 1.165) is 0 Å². The van der Waals surface area contributed by atoms with Crippen LogP contribution in [0.1, 0.15) is 0 Å². The summed E-state index contributed by atoms with van der Waals surface area (Å²) >= 11 is 3.64. The van der Waals surface area contributed by atoms with Gasteiger partial charge in [0.1, 0.15) is 0 Å². The third-order valence-electron chi connectivity index (χ3n) is 7.23. The van der Waals surface area contributed by atoms with Gasteiger partial charge in [0, 0.05) is 40.6 Å². The second kappa shape index (κ2) is 12.9. The lowest BCUT2D eigenvalue weighted by molar-refractivity contribution is 1.24. The van der Waals surface area contributed by atoms with Crippen molar-refractivity contribution in [3.05, 3.63) is 158 Å². The molecule has 2 heterocycles. The number of rotatable bonds is 6. The van der Waals surface area contributed by atoms with Gasteiger partial charge in [-0.15, -0.1) is 22.7 Å². The van der Waals surface area contributed by atoms with Crippen molar-refractivity contribution in [2.75, 3.05) is 23.9 Å². The van der Waals surface area contributed by atoms with Crippen LogP contribution in [0.2, 0.25) is 0 Å². The lowest BCUT2D eigenvalue weighted by Gasteiger charge is -2.19. The highest BCUT2D eigenvalue weighted by atomic mass is 32.1. The van der Waals surface area contributed by atoms with E-state index in [-0.39, 0.29) is 0 Å². The van der Waals surface area contributed by atoms with E-state index in [4.69, 9.17) is 0 Å². The first-order valence-electron chi connectivity index (χ1n) is 14.0. The number of fused-ring (bicyclic) bond motifs is 1. The van der Waals surface area contributed by atoms with Crippen molar-refractivity contribution in [3.8, 4) is 20.9 Å². The smallest absolute Gasteiger partial charge is 0.0957 e. The summed E-state index contributed by atoms with van der Waals surface area (Å²) in [5, 5.41) is 5.06. The van der Waals surface area contributed by atoms with Crippen molar-refractivity contribution < 1.29 is 0 Å². The first-order valence-corrected chi connectivity index (χ1v) is 15.6. The van der Waals surface area contributed by atoms with Gasteiger partial charge in [0.25, 0.3) is 0 Å². The van der Waals surface area contributed by atoms with Gasteiger partial charge in [0.2, 0.25) is 0 Å². The van der Waals surface area contributed by atoms with E-state index in [2.05, 4.69) is 169 Å². The van der Waals surface area contributed by atoms with Crippen LogP contribution in [0.15, 0.2) is 158 Å². The van der Waals surface area contributed by atoms with Crippen LogP contribution in [-0.4, -0.2) is 14.1 Å². The Labute approximate surface area is 256 Å². The monoisotopic (exact) mass is 580 g/mol. The SMILES string of the molecule is CN(c1ccc(-c2ccccc2)s1)c1cccc2ccccc12.CN(c1ccccc1)c1ccc(-c2ccccc2)s1. The van der Waals surface area contributed by atoms with Gasteiger partial charge in [-0.2, -0.15) is 0 Å². The largest absolute Gasteiger partial charge is 0.336 e. The van der Waals surface area contributed by atoms with Crippen molar-refractivity contribution in [1.82, 2.24) is 0 Å². The Hall–Kier alpha value is -4.64. The van der Waals surface area contributed by atoms with Crippen LogP contribution >= 0.6 is 22.7 Å². The molecule has 0 saturated carbocycles. The Morgan fingerprint density at radius 3 is 1.48 bits per heavy atom. The molecule has 0 aliphatic rings. The standard InChI is InChI=1S/C21H17NS.C17H15NS/c1-22(19-13-7-11-16-8-5-6-12-18(16)19)21-15-14-20(23-21)17-9-3-2-4-10-17;1-18(15-10-6-3-7-11-15)17-13-12-16(19-17)14-8-4-2-5-9-14/h2-15H,1H3;2-13H,1H3. The Kier molecular flexibility index (Phi) is 8.46. The lowest BCUT2D eigenvalue weighted by atomic mass is 10.1. The van der Waals surface area contributed by atoms with Crippen LogP contribution in [0, 0.1) is 0 Å². The van der Waals surface area contributed by atoms with Gasteiger partial charge in [0.05, 0.1) is 10.0 Å². The molecule has 206 valence electrons. The quantitative estimate of drug-likeness (QED) is 0.193. The van der Waals surface area contributed by atoms with Gasteiger partial charge in [-0.25, -0.2) is 0 Å². The summed E-state index contributed by atoms with van der Waals surface area (Å²) in [5.74, 6) is 0. The van der Waals surface area contributed by atoms with Crippen LogP contribution in [0.3, 0.4) is 0 Å². The summed E-state index contributed by atoms with van der Waals surface area (Å²) in [4.78, 5) is 7.10. The van der Waals surface area contributed by atoms with Gasteiger partial charge in [-0.1, -0.05) is 115 Å². The first kappa shape index (κ1) is 27.5. The Bertz CT molecular complexity index is 1850. The normalized spacial score (nSPS) is 10.6. The number of thiophene rings is 2. The van der Waals surface area contributed by atoms with Crippen LogP contribution in [0.5, 0.6) is 0 Å². The molecule has 0 aliphatic carbocycles. The maximum absolute atomic E-state index is 2.28. The van der Waals surface area contributed by atoms with Crippen LogP contribution in [-0.2, 0) is 0 Å². The predicted molar refractivity (Wildman–Crippen MR) is 186 cm³/mol. The third-order valence-corrected chi connectivity index (χ3v) is 9.65. The molecule has 2 aromatic heterocycles. The van der Waals surface area contributed by atoms with Gasteiger partial charge < -0.3 is 9.80 Å². The highest BCUT2D eigenvalue weighted by Gasteiger charge is 2.11. The van der Waals surface area contributed by atoms with Crippen molar-refractivity contribution in [2.45, 2.75) is 0 Å². The molecular formula is C38H32N2S2. The number of hydrogen-bond donors (Lipinski definition) is 0. The van der Waals surface area contributed by atoms with E-state index in [1.54, 1.807) is 0 Å². The number of benzene rings is 5. The molecule has 0 unspecified atom stereocenters. The summed E-state index contributed by atoms with van der Waals surface area (Å²) in [6.07, 6.45) is 0. The minimum absolute atomic E-state index is 1.21. The van der Waals surface area contributed by atoms with Crippen LogP contribution in [0.4, 0.5) is 21.4 Å². The molecular weight excluding hydrogens is 549 g/mol. The summed E-state index contributed by atoms with van der Waals surface area (Å²) in [5.41, 5.74) is 5.00. The summed E-state index contributed by atoms with van der Waals surface area (Å²) in [6, 6.07) is 55.3. The molecule has 0 atom stereocenters. The topological polar surface area (TPSA) is 6.48 Å². The van der Waals surface area contributed by atoms with E-state index in [9.17, 15) is 0 Å². The minimum Gasteiger partial charge on any atom is -0.336 e. The third kappa shape index (κ3) is 6.15. The second-order valence-corrected chi connectivity index (χ2v) is 12.1. The van der Waals surface area contributed by atoms with Crippen LogP contribution < -0.4 is 9.80 Å². The molecule has 0 spiro atoms. The van der Waals surface area contributed by atoms with E-state index in [1.165, 1.54) is 53.0 Å². The van der Waals surface area contributed by atoms with Gasteiger partial charge in [-0.05, 0) is 59.0 Å². The van der Waals surface area contributed by atoms with E-state index >= 15 is 0 Å². The molecule has 0 bridgehead atoms. The fourth-order valence-corrected chi connectivity index (χ4v) is 6.91. The molecule has 0 radical (unpaired) electrons. The zero-order chi connectivity index (χ0) is 28.7. The second-order valence-electron chi connectivity index (χ2n) is 9.96. The Morgan fingerprint density at radius 1 is 0.405 bits per heavy atom. The zero-order valence-corrected chi connectivity index (χ0v) is 25.4. The molecule has 4 heteroatoms. The summed E-state index contributed by atoms with van der Waals surface area (Å²) in [7, 11) is 4.25. The minimum atomic E-state index is 1.21. The van der Waals surface area contributed by atoms with Crippen molar-refractivity contribution in [3.63, 3.8) is 0 Å². The van der Waals surface area contributed by atoms with Crippen LogP contribution in [0.25, 0.3) is 31.7 Å². The average molecular weight is 581 g/mol. The van der Waals surface area contributed by atoms with E-state index < -0.39 is 0 Å². The lowest BCUT2D eigenvalue weighted by Crippen LogP contribution is -2.07. The number of hydrogen-bond acceptors (Lipinski definition) is 4. The Morgan fingerprint density at radius 2 is 0.881 bits per heavy atom. The maximum Gasteiger partial charge on any atom is 0.0957 e. The van der Waals surface area contributed by atoms with Crippen molar-refractivity contribution in [2.24, 2.45) is 0 Å². The van der Waals surface area contributed by atoms with Gasteiger partial charge in [-0.3, -0.25) is 0 Å². The molecule has 0 saturated heterocycles. The highest BCUT2D eigenvalue weighted by Crippen LogP contribution is 2.38. The molecule has 42 heavy (non-hydrogen) atoms. The fraction of sp³-hybridized carbons (Fsp3) is 0.0526. The number of nitrogens with zero attached hydrogens (tertiary/aromatic N) is 2. The summed E-state index contributed by atoms with van der Waals surface area (Å²) in [6.45, 7) is 0. The fourth-order valence-electron chi connectivity index (χ4n) is 4.93. The molecule has 0 N–H and O–H groups in total. The van der Waals surface area contributed by atoms with Gasteiger partial charge in [0.15, 0.2) is 0 Å². The predicted octanol–water partition coefficient (Wildman–Crippen LogP) is 11.5. The molecule has 5 aromatic carbocycles. The van der Waals surface area contributed by atoms with Crippen molar-refractivity contribution in [1.29, 1.82) is 0 Å². The average Bonchev–Trinajstić information content (AvgIpc) is 3.77. The first-order chi connectivity index (χ1) is 20.7. The maximum atomic E-state index is 2.28. The molecule has 0 aliphatic heterocycles. The zero-order valence-electron chi connectivity index (χ0n) is 23.7. The Balaban J connectivity index is 0.000000153.